The SMILES string of the molecule is c1ccc(-c2nc(-c3ccc(-c4ccc(-c5c6ccccc6cc6c5ccc5ccccc56)cc4)cc3)nc(-c3ccccc3-c3ccccc3)n2)cc1. The average Bonchev–Trinajstić information content (AvgIpc) is 3.26. The minimum Gasteiger partial charge on any atom is -0.208 e. The Hall–Kier alpha value is -7.23. The predicted octanol–water partition coefficient (Wildman–Crippen LogP) is 13.3. The molecule has 0 aliphatic carbocycles. The lowest BCUT2D eigenvalue weighted by molar-refractivity contribution is 1.07. The summed E-state index contributed by atoms with van der Waals surface area (Å²) >= 11 is 0. The van der Waals surface area contributed by atoms with Crippen LogP contribution in [0, 0.1) is 0 Å². The first-order chi connectivity index (χ1) is 26.8. The molecule has 0 saturated heterocycles. The van der Waals surface area contributed by atoms with Crippen LogP contribution in [0.4, 0.5) is 0 Å². The maximum absolute atomic E-state index is 5.08. The van der Waals surface area contributed by atoms with E-state index < -0.39 is 0 Å². The van der Waals surface area contributed by atoms with Crippen LogP contribution in [0.15, 0.2) is 200 Å². The van der Waals surface area contributed by atoms with Crippen LogP contribution in [0.25, 0.3) is 99.9 Å². The Kier molecular flexibility index (Phi) is 7.81. The third kappa shape index (κ3) is 5.69. The maximum atomic E-state index is 5.08. The smallest absolute Gasteiger partial charge is 0.164 e. The van der Waals surface area contributed by atoms with Gasteiger partial charge in [-0.25, -0.2) is 15.0 Å². The van der Waals surface area contributed by atoms with E-state index in [1.807, 2.05) is 42.5 Å². The molecule has 3 nitrogen and oxygen atoms in total. The number of benzene rings is 9. The highest BCUT2D eigenvalue weighted by Gasteiger charge is 2.16. The van der Waals surface area contributed by atoms with Crippen molar-refractivity contribution < 1.29 is 0 Å². The van der Waals surface area contributed by atoms with Crippen molar-refractivity contribution in [3.63, 3.8) is 0 Å². The van der Waals surface area contributed by atoms with E-state index in [2.05, 4.69) is 158 Å². The van der Waals surface area contributed by atoms with Crippen LogP contribution in [0.1, 0.15) is 0 Å². The Bertz CT molecular complexity index is 2950. The van der Waals surface area contributed by atoms with Crippen LogP contribution >= 0.6 is 0 Å². The fourth-order valence-corrected chi connectivity index (χ4v) is 7.66. The summed E-state index contributed by atoms with van der Waals surface area (Å²) in [7, 11) is 0. The van der Waals surface area contributed by atoms with Gasteiger partial charge in [0.1, 0.15) is 0 Å². The molecule has 0 radical (unpaired) electrons. The lowest BCUT2D eigenvalue weighted by atomic mass is 9.89. The average molecular weight is 688 g/mol. The summed E-state index contributed by atoms with van der Waals surface area (Å²) in [6.07, 6.45) is 0. The molecule has 3 heteroatoms. The first-order valence-electron chi connectivity index (χ1n) is 18.3. The van der Waals surface area contributed by atoms with Gasteiger partial charge in [0, 0.05) is 16.7 Å². The molecule has 9 aromatic carbocycles. The molecule has 0 unspecified atom stereocenters. The van der Waals surface area contributed by atoms with Gasteiger partial charge in [0.2, 0.25) is 0 Å². The first kappa shape index (κ1) is 31.5. The largest absolute Gasteiger partial charge is 0.208 e. The van der Waals surface area contributed by atoms with E-state index in [0.717, 1.165) is 38.9 Å². The summed E-state index contributed by atoms with van der Waals surface area (Å²) in [6, 6.07) is 70.6. The molecule has 10 rings (SSSR count). The fourth-order valence-electron chi connectivity index (χ4n) is 7.66. The number of hydrogen-bond acceptors (Lipinski definition) is 3. The second kappa shape index (κ2) is 13.4. The van der Waals surface area contributed by atoms with Gasteiger partial charge in [-0.3, -0.25) is 0 Å². The number of rotatable bonds is 6. The molecule has 252 valence electrons. The predicted molar refractivity (Wildman–Crippen MR) is 225 cm³/mol. The topological polar surface area (TPSA) is 38.7 Å². The van der Waals surface area contributed by atoms with E-state index in [4.69, 9.17) is 15.0 Å². The van der Waals surface area contributed by atoms with Crippen LogP contribution in [0.2, 0.25) is 0 Å². The van der Waals surface area contributed by atoms with E-state index in [0.29, 0.717) is 17.5 Å². The van der Waals surface area contributed by atoms with Gasteiger partial charge < -0.3 is 0 Å². The zero-order valence-corrected chi connectivity index (χ0v) is 29.4. The highest BCUT2D eigenvalue weighted by molar-refractivity contribution is 6.20. The second-order valence-electron chi connectivity index (χ2n) is 13.6. The van der Waals surface area contributed by atoms with E-state index in [-0.39, 0.29) is 0 Å². The molecule has 10 aromatic rings. The van der Waals surface area contributed by atoms with Crippen LogP contribution in [-0.2, 0) is 0 Å². The third-order valence-corrected chi connectivity index (χ3v) is 10.3. The van der Waals surface area contributed by atoms with Crippen molar-refractivity contribution in [2.45, 2.75) is 0 Å². The van der Waals surface area contributed by atoms with Crippen molar-refractivity contribution in [3.8, 4) is 67.5 Å². The van der Waals surface area contributed by atoms with E-state index in [9.17, 15) is 0 Å². The normalized spacial score (nSPS) is 11.3. The van der Waals surface area contributed by atoms with Gasteiger partial charge in [0.25, 0.3) is 0 Å². The Morgan fingerprint density at radius 3 is 1.41 bits per heavy atom. The Balaban J connectivity index is 1.03. The maximum Gasteiger partial charge on any atom is 0.164 e. The number of hydrogen-bond donors (Lipinski definition) is 0. The summed E-state index contributed by atoms with van der Waals surface area (Å²) in [4.78, 5) is 15.1. The summed E-state index contributed by atoms with van der Waals surface area (Å²) < 4.78 is 0. The van der Waals surface area contributed by atoms with Crippen molar-refractivity contribution in [1.29, 1.82) is 0 Å². The van der Waals surface area contributed by atoms with E-state index >= 15 is 0 Å². The lowest BCUT2D eigenvalue weighted by Gasteiger charge is -2.14. The van der Waals surface area contributed by atoms with Gasteiger partial charge in [-0.2, -0.15) is 0 Å². The monoisotopic (exact) mass is 687 g/mol. The van der Waals surface area contributed by atoms with Crippen molar-refractivity contribution in [3.05, 3.63) is 200 Å². The Morgan fingerprint density at radius 1 is 0.241 bits per heavy atom. The standard InChI is InChI=1S/C51H33N3/c1-3-13-36(14-4-1)42-19-11-12-22-46(42)51-53-49(39-16-5-2-6-17-39)52-50(54-51)40-29-25-35(26-30-40)34-23-27-38(28-24-34)48-44-21-10-8-18-41(44)33-47-43-20-9-7-15-37(43)31-32-45(47)48/h1-33H. The summed E-state index contributed by atoms with van der Waals surface area (Å²) in [6.45, 7) is 0. The summed E-state index contributed by atoms with van der Waals surface area (Å²) in [5.41, 5.74) is 9.80. The molecule has 0 spiro atoms. The lowest BCUT2D eigenvalue weighted by Crippen LogP contribution is -2.01. The minimum absolute atomic E-state index is 0.638. The van der Waals surface area contributed by atoms with Crippen LogP contribution in [0.5, 0.6) is 0 Å². The van der Waals surface area contributed by atoms with Crippen molar-refractivity contribution in [2.24, 2.45) is 0 Å². The zero-order valence-electron chi connectivity index (χ0n) is 29.4. The highest BCUT2D eigenvalue weighted by atomic mass is 15.0. The zero-order chi connectivity index (χ0) is 35.8. The van der Waals surface area contributed by atoms with Gasteiger partial charge in [0.15, 0.2) is 17.5 Å². The second-order valence-corrected chi connectivity index (χ2v) is 13.6. The summed E-state index contributed by atoms with van der Waals surface area (Å²) in [5, 5.41) is 7.59. The Morgan fingerprint density at radius 2 is 0.722 bits per heavy atom. The highest BCUT2D eigenvalue weighted by Crippen LogP contribution is 2.40. The fraction of sp³-hybridized carbons (Fsp3) is 0. The minimum atomic E-state index is 0.638. The molecule has 1 aromatic heterocycles. The molecule has 0 saturated carbocycles. The van der Waals surface area contributed by atoms with Crippen molar-refractivity contribution in [1.82, 2.24) is 15.0 Å². The molecule has 0 aliphatic rings. The van der Waals surface area contributed by atoms with Crippen molar-refractivity contribution >= 4 is 32.3 Å². The van der Waals surface area contributed by atoms with Crippen molar-refractivity contribution in [2.75, 3.05) is 0 Å². The molecular weight excluding hydrogens is 655 g/mol. The molecule has 54 heavy (non-hydrogen) atoms. The molecule has 0 bridgehead atoms. The van der Waals surface area contributed by atoms with E-state index in [1.165, 1.54) is 43.4 Å². The third-order valence-electron chi connectivity index (χ3n) is 10.3. The number of fused-ring (bicyclic) bond motifs is 4. The molecular formula is C51H33N3. The van der Waals surface area contributed by atoms with Gasteiger partial charge in [-0.05, 0) is 71.8 Å². The first-order valence-corrected chi connectivity index (χ1v) is 18.3. The number of aromatic nitrogens is 3. The van der Waals surface area contributed by atoms with E-state index in [1.54, 1.807) is 0 Å². The Labute approximate surface area is 313 Å². The summed E-state index contributed by atoms with van der Waals surface area (Å²) in [5.74, 6) is 1.93. The van der Waals surface area contributed by atoms with Crippen LogP contribution in [-0.4, -0.2) is 15.0 Å². The molecule has 0 fully saturated rings. The number of nitrogens with zero attached hydrogens (tertiary/aromatic N) is 3. The molecule has 0 amide bonds. The molecule has 0 N–H and O–H groups in total. The molecule has 0 atom stereocenters. The van der Waals surface area contributed by atoms with Gasteiger partial charge >= 0.3 is 0 Å². The van der Waals surface area contributed by atoms with Crippen LogP contribution < -0.4 is 0 Å². The molecule has 1 heterocycles. The quantitative estimate of drug-likeness (QED) is 0.129. The van der Waals surface area contributed by atoms with Gasteiger partial charge in [-0.15, -0.1) is 0 Å². The van der Waals surface area contributed by atoms with Crippen LogP contribution in [0.3, 0.4) is 0 Å². The van der Waals surface area contributed by atoms with Gasteiger partial charge in [-0.1, -0.05) is 194 Å². The van der Waals surface area contributed by atoms with Gasteiger partial charge in [0.05, 0.1) is 0 Å². The molecule has 0 aliphatic heterocycles.